The molecular weight excluding hydrogens is 286 g/mol. The Balaban J connectivity index is 2.09. The molecule has 1 amide bonds. The van der Waals surface area contributed by atoms with Crippen LogP contribution in [0.4, 0.5) is 5.69 Å². The highest BCUT2D eigenvalue weighted by molar-refractivity contribution is 7.91. The summed E-state index contributed by atoms with van der Waals surface area (Å²) in [5, 5.41) is 2.87. The summed E-state index contributed by atoms with van der Waals surface area (Å²) in [6, 6.07) is 7.11. The Hall–Kier alpha value is -1.36. The second-order valence-electron chi connectivity index (χ2n) is 6.69. The minimum absolute atomic E-state index is 0.0103. The van der Waals surface area contributed by atoms with Crippen LogP contribution in [0.1, 0.15) is 45.6 Å². The van der Waals surface area contributed by atoms with Gasteiger partial charge in [-0.3, -0.25) is 4.79 Å². The summed E-state index contributed by atoms with van der Waals surface area (Å²) in [5.74, 6) is 0.146. The minimum atomic E-state index is -3.22. The van der Waals surface area contributed by atoms with Gasteiger partial charge in [0.05, 0.1) is 10.5 Å². The van der Waals surface area contributed by atoms with Gasteiger partial charge in [0.1, 0.15) is 0 Å². The van der Waals surface area contributed by atoms with Crippen molar-refractivity contribution in [2.75, 3.05) is 5.32 Å². The van der Waals surface area contributed by atoms with Crippen molar-refractivity contribution in [2.45, 2.75) is 50.5 Å². The van der Waals surface area contributed by atoms with Crippen molar-refractivity contribution >= 4 is 21.4 Å². The van der Waals surface area contributed by atoms with Gasteiger partial charge in [-0.05, 0) is 51.3 Å². The molecule has 0 aliphatic heterocycles. The summed E-state index contributed by atoms with van der Waals surface area (Å²) in [7, 11) is -3.22. The zero-order valence-electron chi connectivity index (χ0n) is 12.8. The maximum Gasteiger partial charge on any atom is 0.227 e. The number of hydrogen-bond acceptors (Lipinski definition) is 3. The maximum absolute atomic E-state index is 12.2. The number of benzene rings is 1. The molecule has 0 atom stereocenters. The van der Waals surface area contributed by atoms with Crippen LogP contribution in [0.15, 0.2) is 24.3 Å². The lowest BCUT2D eigenvalue weighted by Gasteiger charge is -2.24. The van der Waals surface area contributed by atoms with Crippen molar-refractivity contribution in [3.05, 3.63) is 29.8 Å². The molecule has 1 saturated carbocycles. The fourth-order valence-electron chi connectivity index (χ4n) is 2.09. The molecule has 0 spiro atoms. The molecule has 1 aliphatic rings. The molecule has 0 aromatic heterocycles. The first-order valence-corrected chi connectivity index (χ1v) is 8.96. The Morgan fingerprint density at radius 3 is 2.48 bits per heavy atom. The van der Waals surface area contributed by atoms with Crippen LogP contribution in [-0.2, 0) is 20.4 Å². The third kappa shape index (κ3) is 3.84. The average Bonchev–Trinajstić information content (AvgIpc) is 2.24. The Morgan fingerprint density at radius 1 is 1.29 bits per heavy atom. The fourth-order valence-corrected chi connectivity index (χ4v) is 3.14. The lowest BCUT2D eigenvalue weighted by Crippen LogP contribution is -2.29. The lowest BCUT2D eigenvalue weighted by atomic mass is 9.85. The third-order valence-electron chi connectivity index (χ3n) is 3.96. The number of carbonyl (C=O) groups is 1. The highest BCUT2D eigenvalue weighted by Crippen LogP contribution is 2.28. The van der Waals surface area contributed by atoms with Crippen LogP contribution >= 0.6 is 0 Å². The van der Waals surface area contributed by atoms with Gasteiger partial charge < -0.3 is 5.32 Å². The predicted molar refractivity (Wildman–Crippen MR) is 84.8 cm³/mol. The largest absolute Gasteiger partial charge is 0.326 e. The van der Waals surface area contributed by atoms with Crippen molar-refractivity contribution in [3.8, 4) is 0 Å². The number of hydrogen-bond donors (Lipinski definition) is 1. The minimum Gasteiger partial charge on any atom is -0.326 e. The van der Waals surface area contributed by atoms with Crippen LogP contribution in [0.3, 0.4) is 0 Å². The monoisotopic (exact) mass is 309 g/mol. The van der Waals surface area contributed by atoms with E-state index in [2.05, 4.69) is 5.32 Å². The van der Waals surface area contributed by atoms with E-state index in [0.29, 0.717) is 11.3 Å². The molecule has 1 aromatic rings. The van der Waals surface area contributed by atoms with Crippen molar-refractivity contribution in [2.24, 2.45) is 5.92 Å². The standard InChI is InChI=1S/C16H23NO3S/c1-16(2,3)21(19,20)11-12-6-4-9-14(10-12)17-15(18)13-7-5-8-13/h4,6,9-10,13H,5,7-8,11H2,1-3H3,(H,17,18). The quantitative estimate of drug-likeness (QED) is 0.929. The van der Waals surface area contributed by atoms with Crippen molar-refractivity contribution in [1.82, 2.24) is 0 Å². The first kappa shape index (κ1) is 16.0. The molecule has 1 aromatic carbocycles. The van der Waals surface area contributed by atoms with Crippen LogP contribution < -0.4 is 5.32 Å². The smallest absolute Gasteiger partial charge is 0.227 e. The molecule has 0 bridgehead atoms. The molecule has 2 rings (SSSR count). The second kappa shape index (κ2) is 5.79. The third-order valence-corrected chi connectivity index (χ3v) is 6.54. The summed E-state index contributed by atoms with van der Waals surface area (Å²) in [5.41, 5.74) is 1.38. The number of sulfone groups is 1. The van der Waals surface area contributed by atoms with E-state index in [1.807, 2.05) is 0 Å². The molecule has 4 nitrogen and oxygen atoms in total. The van der Waals surface area contributed by atoms with Gasteiger partial charge in [-0.15, -0.1) is 0 Å². The van der Waals surface area contributed by atoms with Crippen LogP contribution in [-0.4, -0.2) is 19.1 Å². The summed E-state index contributed by atoms with van der Waals surface area (Å²) in [6.45, 7) is 5.10. The Bertz CT molecular complexity index is 625. The van der Waals surface area contributed by atoms with Gasteiger partial charge >= 0.3 is 0 Å². The van der Waals surface area contributed by atoms with E-state index in [9.17, 15) is 13.2 Å². The Kier molecular flexibility index (Phi) is 4.42. The van der Waals surface area contributed by atoms with E-state index >= 15 is 0 Å². The number of rotatable bonds is 4. The Morgan fingerprint density at radius 2 is 1.95 bits per heavy atom. The fraction of sp³-hybridized carbons (Fsp3) is 0.562. The highest BCUT2D eigenvalue weighted by atomic mass is 32.2. The normalized spacial score (nSPS) is 16.3. The number of anilines is 1. The molecule has 21 heavy (non-hydrogen) atoms. The van der Waals surface area contributed by atoms with E-state index in [4.69, 9.17) is 0 Å². The van der Waals surface area contributed by atoms with Gasteiger partial charge in [-0.2, -0.15) is 0 Å². The summed E-state index contributed by atoms with van der Waals surface area (Å²) in [6.07, 6.45) is 3.01. The highest BCUT2D eigenvalue weighted by Gasteiger charge is 2.29. The Labute approximate surface area is 126 Å². The molecule has 1 N–H and O–H groups in total. The summed E-state index contributed by atoms with van der Waals surface area (Å²) in [4.78, 5) is 11.9. The van der Waals surface area contributed by atoms with Gasteiger partial charge in [-0.1, -0.05) is 18.6 Å². The van der Waals surface area contributed by atoms with E-state index in [-0.39, 0.29) is 17.6 Å². The number of nitrogens with one attached hydrogen (secondary N) is 1. The topological polar surface area (TPSA) is 63.2 Å². The first-order valence-electron chi connectivity index (χ1n) is 7.31. The van der Waals surface area contributed by atoms with E-state index in [0.717, 1.165) is 19.3 Å². The number of carbonyl (C=O) groups excluding carboxylic acids is 1. The van der Waals surface area contributed by atoms with Gasteiger partial charge in [0.2, 0.25) is 5.91 Å². The van der Waals surface area contributed by atoms with Crippen molar-refractivity contribution in [1.29, 1.82) is 0 Å². The molecule has 5 heteroatoms. The SMILES string of the molecule is CC(C)(C)S(=O)(=O)Cc1cccc(NC(=O)C2CCC2)c1. The van der Waals surface area contributed by atoms with Crippen molar-refractivity contribution < 1.29 is 13.2 Å². The average molecular weight is 309 g/mol. The molecule has 0 unspecified atom stereocenters. The first-order chi connectivity index (χ1) is 9.69. The summed E-state index contributed by atoms with van der Waals surface area (Å²) >= 11 is 0. The van der Waals surface area contributed by atoms with Gasteiger partial charge in [0.25, 0.3) is 0 Å². The predicted octanol–water partition coefficient (Wildman–Crippen LogP) is 3.14. The van der Waals surface area contributed by atoms with E-state index < -0.39 is 14.6 Å². The van der Waals surface area contributed by atoms with Crippen LogP contribution in [0.2, 0.25) is 0 Å². The van der Waals surface area contributed by atoms with Crippen molar-refractivity contribution in [3.63, 3.8) is 0 Å². The van der Waals surface area contributed by atoms with Gasteiger partial charge in [-0.25, -0.2) is 8.42 Å². The molecule has 0 radical (unpaired) electrons. The maximum atomic E-state index is 12.2. The van der Waals surface area contributed by atoms with Gasteiger partial charge in [0, 0.05) is 11.6 Å². The molecule has 116 valence electrons. The summed E-state index contributed by atoms with van der Waals surface area (Å²) < 4.78 is 23.7. The zero-order valence-corrected chi connectivity index (χ0v) is 13.7. The molecular formula is C16H23NO3S. The van der Waals surface area contributed by atoms with E-state index in [1.54, 1.807) is 45.0 Å². The molecule has 0 heterocycles. The second-order valence-corrected chi connectivity index (χ2v) is 9.43. The van der Waals surface area contributed by atoms with Gasteiger partial charge in [0.15, 0.2) is 9.84 Å². The van der Waals surface area contributed by atoms with Crippen LogP contribution in [0.5, 0.6) is 0 Å². The molecule has 1 fully saturated rings. The zero-order chi connectivity index (χ0) is 15.7. The number of amides is 1. The van der Waals surface area contributed by atoms with E-state index in [1.165, 1.54) is 0 Å². The molecule has 0 saturated heterocycles. The lowest BCUT2D eigenvalue weighted by molar-refractivity contribution is -0.122. The van der Waals surface area contributed by atoms with Crippen LogP contribution in [0, 0.1) is 5.92 Å². The van der Waals surface area contributed by atoms with Crippen LogP contribution in [0.25, 0.3) is 0 Å². The molecule has 1 aliphatic carbocycles.